The van der Waals surface area contributed by atoms with Crippen molar-refractivity contribution < 1.29 is 14.6 Å². The number of hydrogen-bond acceptors (Lipinski definition) is 5. The predicted molar refractivity (Wildman–Crippen MR) is 114 cm³/mol. The molecule has 1 aliphatic rings. The summed E-state index contributed by atoms with van der Waals surface area (Å²) in [6.45, 7) is 8.16. The number of hydrogen-bond donors (Lipinski definition) is 1. The van der Waals surface area contributed by atoms with Gasteiger partial charge in [-0.25, -0.2) is 9.98 Å². The van der Waals surface area contributed by atoms with Crippen LogP contribution < -0.4 is 4.74 Å². The lowest BCUT2D eigenvalue weighted by molar-refractivity contribution is -0.0925. The molecule has 6 nitrogen and oxygen atoms in total. The lowest BCUT2D eigenvalue weighted by atomic mass is 9.88. The highest BCUT2D eigenvalue weighted by Crippen LogP contribution is 2.36. The van der Waals surface area contributed by atoms with Crippen LogP contribution in [0.4, 0.5) is 0 Å². The van der Waals surface area contributed by atoms with Gasteiger partial charge in [0.25, 0.3) is 0 Å². The van der Waals surface area contributed by atoms with Crippen molar-refractivity contribution in [3.05, 3.63) is 53.4 Å². The minimum Gasteiger partial charge on any atom is -0.493 e. The van der Waals surface area contributed by atoms with Crippen molar-refractivity contribution >= 4 is 23.1 Å². The van der Waals surface area contributed by atoms with Crippen LogP contribution in [0.2, 0.25) is 5.02 Å². The summed E-state index contributed by atoms with van der Waals surface area (Å²) < 4.78 is 13.7. The van der Waals surface area contributed by atoms with Gasteiger partial charge >= 0.3 is 0 Å². The second kappa shape index (κ2) is 7.04. The van der Waals surface area contributed by atoms with E-state index in [9.17, 15) is 5.11 Å². The summed E-state index contributed by atoms with van der Waals surface area (Å²) in [4.78, 5) is 9.27. The quantitative estimate of drug-likeness (QED) is 0.674. The number of aliphatic hydroxyl groups is 1. The summed E-state index contributed by atoms with van der Waals surface area (Å²) in [5.74, 6) is 1.19. The molecular formula is C22H24ClN3O3. The fraction of sp³-hybridized carbons (Fsp3) is 0.364. The van der Waals surface area contributed by atoms with Crippen molar-refractivity contribution in [2.24, 2.45) is 4.99 Å². The lowest BCUT2D eigenvalue weighted by Gasteiger charge is -2.35. The van der Waals surface area contributed by atoms with Crippen molar-refractivity contribution in [1.29, 1.82) is 0 Å². The smallest absolute Gasteiger partial charge is 0.237 e. The van der Waals surface area contributed by atoms with Gasteiger partial charge in [0.2, 0.25) is 5.90 Å². The number of ether oxygens (including phenoxy) is 2. The molecule has 2 aromatic heterocycles. The Morgan fingerprint density at radius 2 is 2.03 bits per heavy atom. The second-order valence-corrected chi connectivity index (χ2v) is 8.31. The molecule has 1 atom stereocenters. The summed E-state index contributed by atoms with van der Waals surface area (Å²) >= 11 is 6.39. The third kappa shape index (κ3) is 3.47. The van der Waals surface area contributed by atoms with Crippen LogP contribution in [0.1, 0.15) is 33.4 Å². The molecular weight excluding hydrogens is 390 g/mol. The molecule has 4 rings (SSSR count). The highest BCUT2D eigenvalue weighted by Gasteiger charge is 2.46. The minimum atomic E-state index is -1.04. The maximum atomic E-state index is 10.4. The topological polar surface area (TPSA) is 68.4 Å². The first-order chi connectivity index (χ1) is 13.7. The number of para-hydroxylation sites is 1. The molecule has 1 aliphatic heterocycles. The van der Waals surface area contributed by atoms with Gasteiger partial charge < -0.3 is 19.0 Å². The number of imidazole rings is 1. The summed E-state index contributed by atoms with van der Waals surface area (Å²) in [5, 5.41) is 11.0. The van der Waals surface area contributed by atoms with E-state index in [1.807, 2.05) is 54.8 Å². The molecule has 0 bridgehead atoms. The first-order valence-electron chi connectivity index (χ1n) is 9.58. The molecule has 0 saturated carbocycles. The first kappa shape index (κ1) is 19.7. The summed E-state index contributed by atoms with van der Waals surface area (Å²) in [5.41, 5.74) is 1.24. The Morgan fingerprint density at radius 3 is 2.72 bits per heavy atom. The van der Waals surface area contributed by atoms with E-state index in [0.717, 1.165) is 22.5 Å². The Morgan fingerprint density at radius 1 is 1.28 bits per heavy atom. The van der Waals surface area contributed by atoms with Crippen LogP contribution in [0.3, 0.4) is 0 Å². The van der Waals surface area contributed by atoms with Crippen LogP contribution in [0.5, 0.6) is 5.75 Å². The molecule has 0 radical (unpaired) electrons. The molecule has 0 aliphatic carbocycles. The van der Waals surface area contributed by atoms with E-state index in [1.165, 1.54) is 0 Å². The molecule has 0 amide bonds. The Balaban J connectivity index is 1.80. The number of pyridine rings is 1. The fourth-order valence-corrected chi connectivity index (χ4v) is 3.50. The third-order valence-electron chi connectivity index (χ3n) is 5.35. The van der Waals surface area contributed by atoms with Gasteiger partial charge in [-0.2, -0.15) is 0 Å². The predicted octanol–water partition coefficient (Wildman–Crippen LogP) is 4.36. The van der Waals surface area contributed by atoms with E-state index < -0.39 is 11.2 Å². The number of rotatable bonds is 5. The number of halogens is 1. The number of nitrogens with zero attached hydrogens (tertiary/aromatic N) is 3. The van der Waals surface area contributed by atoms with Crippen LogP contribution in [0.25, 0.3) is 16.8 Å². The van der Waals surface area contributed by atoms with E-state index in [-0.39, 0.29) is 0 Å². The van der Waals surface area contributed by atoms with Gasteiger partial charge in [-0.15, -0.1) is 0 Å². The molecule has 0 fully saturated rings. The summed E-state index contributed by atoms with van der Waals surface area (Å²) in [6.07, 6.45) is 3.63. The normalized spacial score (nSPS) is 19.3. The maximum absolute atomic E-state index is 10.4. The maximum Gasteiger partial charge on any atom is 0.237 e. The van der Waals surface area contributed by atoms with Gasteiger partial charge in [0.05, 0.1) is 18.2 Å². The van der Waals surface area contributed by atoms with E-state index >= 15 is 0 Å². The van der Waals surface area contributed by atoms with Gasteiger partial charge in [0.1, 0.15) is 22.7 Å². The monoisotopic (exact) mass is 413 g/mol. The van der Waals surface area contributed by atoms with Crippen molar-refractivity contribution in [3.63, 3.8) is 0 Å². The largest absolute Gasteiger partial charge is 0.493 e. The molecule has 0 saturated heterocycles. The van der Waals surface area contributed by atoms with E-state index in [4.69, 9.17) is 26.1 Å². The molecule has 152 valence electrons. The van der Waals surface area contributed by atoms with E-state index in [1.54, 1.807) is 20.0 Å². The van der Waals surface area contributed by atoms with Gasteiger partial charge in [0, 0.05) is 23.5 Å². The molecule has 3 heterocycles. The SMILES string of the molecule is CCOc1ccccc1-c1cc(Cl)cn2cc(C3=NCC(C)(C(C)(C)O)O3)nc12. The molecule has 7 heteroatoms. The Bertz CT molecular complexity index is 1100. The average Bonchev–Trinajstić information content (AvgIpc) is 3.26. The van der Waals surface area contributed by atoms with E-state index in [2.05, 4.69) is 4.99 Å². The second-order valence-electron chi connectivity index (χ2n) is 7.87. The van der Waals surface area contributed by atoms with Crippen LogP contribution in [-0.2, 0) is 4.74 Å². The zero-order valence-electron chi connectivity index (χ0n) is 16.9. The van der Waals surface area contributed by atoms with Crippen LogP contribution in [0.15, 0.2) is 47.7 Å². The molecule has 0 spiro atoms. The first-order valence-corrected chi connectivity index (χ1v) is 9.96. The summed E-state index contributed by atoms with van der Waals surface area (Å²) in [7, 11) is 0. The highest BCUT2D eigenvalue weighted by atomic mass is 35.5. The molecule has 3 aromatic rings. The zero-order chi connectivity index (χ0) is 20.8. The average molecular weight is 414 g/mol. The van der Waals surface area contributed by atoms with Crippen molar-refractivity contribution in [2.45, 2.75) is 38.9 Å². The molecule has 1 N–H and O–H groups in total. The van der Waals surface area contributed by atoms with Crippen molar-refractivity contribution in [2.75, 3.05) is 13.2 Å². The number of fused-ring (bicyclic) bond motifs is 1. The molecule has 1 unspecified atom stereocenters. The van der Waals surface area contributed by atoms with Gasteiger partial charge in [-0.05, 0) is 39.8 Å². The van der Waals surface area contributed by atoms with Crippen LogP contribution >= 0.6 is 11.6 Å². The minimum absolute atomic E-state index is 0.362. The van der Waals surface area contributed by atoms with Gasteiger partial charge in [-0.1, -0.05) is 29.8 Å². The number of aromatic nitrogens is 2. The van der Waals surface area contributed by atoms with Crippen molar-refractivity contribution in [3.8, 4) is 16.9 Å². The third-order valence-corrected chi connectivity index (χ3v) is 5.56. The van der Waals surface area contributed by atoms with Crippen molar-refractivity contribution in [1.82, 2.24) is 9.38 Å². The molecule has 1 aromatic carbocycles. The lowest BCUT2D eigenvalue weighted by Crippen LogP contribution is -2.50. The number of benzene rings is 1. The Labute approximate surface area is 174 Å². The standard InChI is InChI=1S/C22H24ClN3O3/c1-5-28-18-9-7-6-8-15(18)16-10-14(23)11-26-12-17(25-19(16)26)20-24-13-22(4,29-20)21(2,3)27/h6-12,27H,5,13H2,1-4H3. The summed E-state index contributed by atoms with van der Waals surface area (Å²) in [6, 6.07) is 9.69. The Kier molecular flexibility index (Phi) is 4.79. The molecule has 29 heavy (non-hydrogen) atoms. The highest BCUT2D eigenvalue weighted by molar-refractivity contribution is 6.31. The number of aliphatic imine (C=N–C) groups is 1. The van der Waals surface area contributed by atoms with Gasteiger partial charge in [0.15, 0.2) is 5.60 Å². The Hall–Kier alpha value is -2.57. The fourth-order valence-electron chi connectivity index (χ4n) is 3.29. The van der Waals surface area contributed by atoms with E-state index in [0.29, 0.717) is 29.8 Å². The zero-order valence-corrected chi connectivity index (χ0v) is 17.7. The van der Waals surface area contributed by atoms with Crippen LogP contribution in [-0.4, -0.2) is 44.7 Å². The van der Waals surface area contributed by atoms with Crippen LogP contribution in [0, 0.1) is 0 Å². The van der Waals surface area contributed by atoms with Gasteiger partial charge in [-0.3, -0.25) is 0 Å².